The number of rotatable bonds is 8. The molecule has 2 fully saturated rings. The van der Waals surface area contributed by atoms with E-state index in [2.05, 4.69) is 15.2 Å². The highest BCUT2D eigenvalue weighted by molar-refractivity contribution is 7.98. The summed E-state index contributed by atoms with van der Waals surface area (Å²) >= 11 is 1.53. The van der Waals surface area contributed by atoms with Crippen LogP contribution in [0.1, 0.15) is 45.6 Å². The molecular weight excluding hydrogens is 551 g/mol. The molecule has 5 rings (SSSR count). The molecule has 1 N–H and O–H groups in total. The van der Waals surface area contributed by atoms with E-state index in [0.29, 0.717) is 54.9 Å². The van der Waals surface area contributed by atoms with Crippen molar-refractivity contribution in [2.24, 2.45) is 0 Å². The topological polar surface area (TPSA) is 70.6 Å². The molecule has 3 aromatic rings. The second-order valence-electron chi connectivity index (χ2n) is 10.4. The van der Waals surface area contributed by atoms with E-state index in [1.165, 1.54) is 23.9 Å². The van der Waals surface area contributed by atoms with Crippen LogP contribution in [0.15, 0.2) is 53.7 Å². The third-order valence-electron chi connectivity index (χ3n) is 7.56. The first kappa shape index (κ1) is 29.2. The van der Waals surface area contributed by atoms with Gasteiger partial charge in [-0.3, -0.25) is 4.79 Å². The van der Waals surface area contributed by atoms with Crippen LogP contribution in [0.3, 0.4) is 0 Å². The zero-order chi connectivity index (χ0) is 29.0. The number of piperazine rings is 1. The summed E-state index contributed by atoms with van der Waals surface area (Å²) in [6.07, 6.45) is -2.23. The lowest BCUT2D eigenvalue weighted by Crippen LogP contribution is -2.47. The van der Waals surface area contributed by atoms with Gasteiger partial charge in [0.05, 0.1) is 11.7 Å². The van der Waals surface area contributed by atoms with E-state index in [0.717, 1.165) is 48.2 Å². The number of aromatic nitrogens is 2. The van der Waals surface area contributed by atoms with Crippen LogP contribution in [0.5, 0.6) is 0 Å². The van der Waals surface area contributed by atoms with E-state index in [4.69, 9.17) is 9.72 Å². The largest absolute Gasteiger partial charge is 0.416 e. The predicted molar refractivity (Wildman–Crippen MR) is 155 cm³/mol. The van der Waals surface area contributed by atoms with Gasteiger partial charge in [-0.1, -0.05) is 30.0 Å². The number of nitrogens with one attached hydrogen (secondary N) is 1. The molecule has 2 aliphatic rings. The quantitative estimate of drug-likeness (QED) is 0.271. The minimum Gasteiger partial charge on any atom is -0.376 e. The molecule has 1 amide bonds. The average Bonchev–Trinajstić information content (AvgIpc) is 3.50. The van der Waals surface area contributed by atoms with E-state index in [1.807, 2.05) is 43.0 Å². The number of nitrogens with zero attached hydrogens (tertiary/aromatic N) is 4. The van der Waals surface area contributed by atoms with Crippen molar-refractivity contribution < 1.29 is 22.7 Å². The molecule has 0 bridgehead atoms. The lowest BCUT2D eigenvalue weighted by molar-refractivity contribution is -0.137. The molecule has 1 atom stereocenters. The van der Waals surface area contributed by atoms with Crippen molar-refractivity contribution in [3.05, 3.63) is 76.5 Å². The Balaban J connectivity index is 1.18. The first-order valence-electron chi connectivity index (χ1n) is 13.8. The van der Waals surface area contributed by atoms with E-state index < -0.39 is 11.7 Å². The number of alkyl halides is 3. The van der Waals surface area contributed by atoms with Crippen LogP contribution in [0.4, 0.5) is 24.7 Å². The van der Waals surface area contributed by atoms with Crippen LogP contribution in [-0.2, 0) is 16.7 Å². The van der Waals surface area contributed by atoms with Gasteiger partial charge >= 0.3 is 6.18 Å². The van der Waals surface area contributed by atoms with E-state index in [-0.39, 0.29) is 12.0 Å². The molecule has 0 spiro atoms. The van der Waals surface area contributed by atoms with Crippen LogP contribution in [-0.4, -0.2) is 61.3 Å². The molecule has 0 radical (unpaired) electrons. The van der Waals surface area contributed by atoms with Gasteiger partial charge in [0.1, 0.15) is 5.82 Å². The van der Waals surface area contributed by atoms with Crippen molar-refractivity contribution in [3.63, 3.8) is 0 Å². The van der Waals surface area contributed by atoms with Crippen LogP contribution >= 0.6 is 11.8 Å². The standard InChI is InChI=1S/C30H34F3N5O2S/c1-20-21(2)35-29(41-19-22-8-10-23(11-9-22)28(39)34-18-26-7-4-16-40-26)36-27(20)38-14-12-37(13-15-38)25-6-3-5-24(17-25)30(31,32)33/h3,5-6,8-11,17,26H,4,7,12-16,18-19H2,1-2H3,(H,34,39). The Bertz CT molecular complexity index is 1360. The SMILES string of the molecule is Cc1nc(SCc2ccc(C(=O)NCC3CCCO3)cc2)nc(N2CCN(c3cccc(C(F)(F)F)c3)CC2)c1C. The number of hydrogen-bond acceptors (Lipinski definition) is 7. The van der Waals surface area contributed by atoms with Gasteiger partial charge in [-0.2, -0.15) is 13.2 Å². The van der Waals surface area contributed by atoms with Crippen molar-refractivity contribution in [1.29, 1.82) is 0 Å². The Kier molecular flexibility index (Phi) is 9.03. The molecule has 7 nitrogen and oxygen atoms in total. The zero-order valence-electron chi connectivity index (χ0n) is 23.2. The highest BCUT2D eigenvalue weighted by atomic mass is 32.2. The molecule has 41 heavy (non-hydrogen) atoms. The molecule has 1 unspecified atom stereocenters. The summed E-state index contributed by atoms with van der Waals surface area (Å²) in [7, 11) is 0. The number of hydrogen-bond donors (Lipinski definition) is 1. The van der Waals surface area contributed by atoms with Gasteiger partial charge in [-0.05, 0) is 62.6 Å². The van der Waals surface area contributed by atoms with Crippen molar-refractivity contribution >= 4 is 29.2 Å². The number of anilines is 2. The van der Waals surface area contributed by atoms with Gasteiger partial charge in [-0.25, -0.2) is 9.97 Å². The van der Waals surface area contributed by atoms with E-state index in [1.54, 1.807) is 6.07 Å². The molecule has 2 aromatic carbocycles. The Hall–Kier alpha value is -3.31. The molecule has 11 heteroatoms. The maximum Gasteiger partial charge on any atom is 0.416 e. The number of carbonyl (C=O) groups excluding carboxylic acids is 1. The molecule has 3 heterocycles. The maximum atomic E-state index is 13.2. The molecule has 0 aliphatic carbocycles. The van der Waals surface area contributed by atoms with Crippen LogP contribution in [0.2, 0.25) is 0 Å². The summed E-state index contributed by atoms with van der Waals surface area (Å²) in [5.41, 5.74) is 3.53. The monoisotopic (exact) mass is 585 g/mol. The smallest absolute Gasteiger partial charge is 0.376 e. The first-order valence-corrected chi connectivity index (χ1v) is 14.8. The minimum absolute atomic E-state index is 0.102. The fourth-order valence-corrected chi connectivity index (χ4v) is 5.87. The van der Waals surface area contributed by atoms with Gasteiger partial charge in [0.15, 0.2) is 5.16 Å². The molecule has 2 saturated heterocycles. The fourth-order valence-electron chi connectivity index (χ4n) is 5.03. The van der Waals surface area contributed by atoms with Crippen molar-refractivity contribution in [1.82, 2.24) is 15.3 Å². The molecular formula is C30H34F3N5O2S. The highest BCUT2D eigenvalue weighted by Crippen LogP contribution is 2.32. The Morgan fingerprint density at radius 3 is 2.46 bits per heavy atom. The molecule has 218 valence electrons. The fraction of sp³-hybridized carbons (Fsp3) is 0.433. The summed E-state index contributed by atoms with van der Waals surface area (Å²) in [5.74, 6) is 1.42. The van der Waals surface area contributed by atoms with Gasteiger partial charge < -0.3 is 19.9 Å². The number of carbonyl (C=O) groups is 1. The summed E-state index contributed by atoms with van der Waals surface area (Å²) < 4.78 is 45.1. The van der Waals surface area contributed by atoms with Gasteiger partial charge in [-0.15, -0.1) is 0 Å². The van der Waals surface area contributed by atoms with E-state index in [9.17, 15) is 18.0 Å². The maximum absolute atomic E-state index is 13.2. The Labute approximate surface area is 242 Å². The molecule has 2 aliphatic heterocycles. The van der Waals surface area contributed by atoms with Crippen molar-refractivity contribution in [3.8, 4) is 0 Å². The number of benzene rings is 2. The number of aryl methyl sites for hydroxylation is 1. The summed E-state index contributed by atoms with van der Waals surface area (Å²) in [6, 6.07) is 13.1. The Morgan fingerprint density at radius 2 is 1.78 bits per heavy atom. The predicted octanol–water partition coefficient (Wildman–Crippen LogP) is 5.64. The van der Waals surface area contributed by atoms with Gasteiger partial charge in [0.25, 0.3) is 5.91 Å². The van der Waals surface area contributed by atoms with Crippen LogP contribution < -0.4 is 15.1 Å². The average molecular weight is 586 g/mol. The van der Waals surface area contributed by atoms with Gasteiger partial charge in [0, 0.05) is 67.6 Å². The lowest BCUT2D eigenvalue weighted by atomic mass is 10.1. The second-order valence-corrected chi connectivity index (χ2v) is 11.3. The zero-order valence-corrected chi connectivity index (χ0v) is 24.0. The van der Waals surface area contributed by atoms with Gasteiger partial charge in [0.2, 0.25) is 0 Å². The minimum atomic E-state index is -4.36. The van der Waals surface area contributed by atoms with Crippen LogP contribution in [0.25, 0.3) is 0 Å². The van der Waals surface area contributed by atoms with Crippen molar-refractivity contribution in [2.45, 2.75) is 49.9 Å². The first-order chi connectivity index (χ1) is 19.7. The normalized spacial score (nSPS) is 17.6. The summed E-state index contributed by atoms with van der Waals surface area (Å²) in [4.78, 5) is 26.2. The molecule has 1 aromatic heterocycles. The molecule has 0 saturated carbocycles. The Morgan fingerprint density at radius 1 is 1.05 bits per heavy atom. The number of thioether (sulfide) groups is 1. The number of ether oxygens (including phenoxy) is 1. The lowest BCUT2D eigenvalue weighted by Gasteiger charge is -2.37. The second kappa shape index (κ2) is 12.7. The van der Waals surface area contributed by atoms with E-state index >= 15 is 0 Å². The highest BCUT2D eigenvalue weighted by Gasteiger charge is 2.31. The van der Waals surface area contributed by atoms with Crippen LogP contribution in [0, 0.1) is 13.8 Å². The summed E-state index contributed by atoms with van der Waals surface area (Å²) in [6.45, 7) is 7.75. The van der Waals surface area contributed by atoms with Crippen molar-refractivity contribution in [2.75, 3.05) is 49.1 Å². The third-order valence-corrected chi connectivity index (χ3v) is 8.48. The number of halogens is 3. The third kappa shape index (κ3) is 7.32. The summed E-state index contributed by atoms with van der Waals surface area (Å²) in [5, 5.41) is 3.61. The number of amides is 1.